The summed E-state index contributed by atoms with van der Waals surface area (Å²) < 4.78 is 34.8. The average molecular weight is 400 g/mol. The van der Waals surface area contributed by atoms with Crippen molar-refractivity contribution in [2.24, 2.45) is 10.8 Å². The van der Waals surface area contributed by atoms with E-state index in [1.165, 1.54) is 4.90 Å². The highest BCUT2D eigenvalue weighted by molar-refractivity contribution is 6.27. The van der Waals surface area contributed by atoms with Crippen LogP contribution in [-0.4, -0.2) is 38.5 Å². The van der Waals surface area contributed by atoms with Gasteiger partial charge in [-0.15, -0.1) is 0 Å². The summed E-state index contributed by atoms with van der Waals surface area (Å²) in [5, 5.41) is 9.87. The Morgan fingerprint density at radius 3 is 2.44 bits per heavy atom. The minimum absolute atomic E-state index is 0.0842. The van der Waals surface area contributed by atoms with Crippen LogP contribution >= 0.6 is 0 Å². The molecule has 1 saturated heterocycles. The van der Waals surface area contributed by atoms with Crippen molar-refractivity contribution in [1.82, 2.24) is 4.90 Å². The van der Waals surface area contributed by atoms with Gasteiger partial charge in [0.2, 0.25) is 0 Å². The Morgan fingerprint density at radius 2 is 1.93 bits per heavy atom. The number of nitrogens with zero attached hydrogens (tertiary/aromatic N) is 1. The normalized spacial score (nSPS) is 24.1. The molecule has 0 aromatic heterocycles. The second kappa shape index (κ2) is 7.51. The van der Waals surface area contributed by atoms with Crippen LogP contribution in [0.25, 0.3) is 0 Å². The summed E-state index contributed by atoms with van der Waals surface area (Å²) in [6.07, 6.45) is -1.13. The number of likely N-dealkylation sites (tertiary alicyclic amines) is 1. The molecule has 27 heavy (non-hydrogen) atoms. The number of rotatable bonds is 4. The van der Waals surface area contributed by atoms with Crippen LogP contribution in [-0.2, 0) is 9.96 Å². The fourth-order valence-electron chi connectivity index (χ4n) is 3.93. The summed E-state index contributed by atoms with van der Waals surface area (Å²) in [6, 6.07) is 4.22. The molecule has 1 aromatic rings. The summed E-state index contributed by atoms with van der Waals surface area (Å²) >= 11 is 0. The first-order chi connectivity index (χ1) is 12.3. The van der Waals surface area contributed by atoms with Gasteiger partial charge in [-0.05, 0) is 35.1 Å². The first-order valence-electron chi connectivity index (χ1n) is 9.36. The van der Waals surface area contributed by atoms with Crippen molar-refractivity contribution in [3.05, 3.63) is 35.4 Å². The Morgan fingerprint density at radius 1 is 1.30 bits per heavy atom. The first kappa shape index (κ1) is 21.8. The van der Waals surface area contributed by atoms with Gasteiger partial charge in [0.05, 0.1) is 11.6 Å². The third-order valence-corrected chi connectivity index (χ3v) is 7.83. The van der Waals surface area contributed by atoms with E-state index in [1.54, 1.807) is 0 Å². The van der Waals surface area contributed by atoms with Crippen LogP contribution in [0.15, 0.2) is 18.2 Å². The maximum Gasteiger partial charge on any atom is 0.408 e. The van der Waals surface area contributed by atoms with Crippen LogP contribution in [0.4, 0.5) is 13.6 Å². The number of hydrogen-bond acceptors (Lipinski definition) is 2. The standard InChI is InChI=1S/C20H31F2NO3Si/c1-18(2,3)12-27-26-14-10-20(19(4,5)6,23(11-14)17(24)25)15-9-13(21)7-8-16(15)22/h7-9,14H,10-12,27H2,1-6H3,(H,24,25)/t14-,20?/m1/s1. The predicted molar refractivity (Wildman–Crippen MR) is 105 cm³/mol. The van der Waals surface area contributed by atoms with Crippen LogP contribution in [0.2, 0.25) is 6.04 Å². The summed E-state index contributed by atoms with van der Waals surface area (Å²) in [5.74, 6) is -1.17. The van der Waals surface area contributed by atoms with Gasteiger partial charge in [-0.2, -0.15) is 0 Å². The molecule has 1 N–H and O–H groups in total. The average Bonchev–Trinajstić information content (AvgIpc) is 2.89. The van der Waals surface area contributed by atoms with Gasteiger partial charge in [0.1, 0.15) is 11.6 Å². The molecular weight excluding hydrogens is 368 g/mol. The lowest BCUT2D eigenvalue weighted by atomic mass is 9.67. The Labute approximate surface area is 162 Å². The zero-order chi connectivity index (χ0) is 20.6. The van der Waals surface area contributed by atoms with Gasteiger partial charge in [-0.3, -0.25) is 4.90 Å². The van der Waals surface area contributed by atoms with Gasteiger partial charge in [0, 0.05) is 18.5 Å². The zero-order valence-electron chi connectivity index (χ0n) is 17.1. The molecule has 1 aliphatic rings. The smallest absolute Gasteiger partial charge is 0.408 e. The quantitative estimate of drug-likeness (QED) is 0.757. The van der Waals surface area contributed by atoms with Crippen LogP contribution < -0.4 is 0 Å². The van der Waals surface area contributed by atoms with Gasteiger partial charge in [-0.25, -0.2) is 13.6 Å². The van der Waals surface area contributed by atoms with E-state index in [1.807, 2.05) is 20.8 Å². The summed E-state index contributed by atoms with van der Waals surface area (Å²) in [6.45, 7) is 12.2. The molecule has 4 nitrogen and oxygen atoms in total. The molecule has 0 saturated carbocycles. The number of benzene rings is 1. The van der Waals surface area contributed by atoms with E-state index in [-0.39, 0.29) is 23.6 Å². The van der Waals surface area contributed by atoms with E-state index in [0.29, 0.717) is 6.42 Å². The van der Waals surface area contributed by atoms with Crippen molar-refractivity contribution in [3.8, 4) is 0 Å². The van der Waals surface area contributed by atoms with Crippen molar-refractivity contribution in [2.45, 2.75) is 65.7 Å². The minimum atomic E-state index is -1.19. The molecule has 2 atom stereocenters. The van der Waals surface area contributed by atoms with Gasteiger partial charge >= 0.3 is 6.09 Å². The van der Waals surface area contributed by atoms with Gasteiger partial charge in [0.15, 0.2) is 9.76 Å². The molecule has 0 bridgehead atoms. The van der Waals surface area contributed by atoms with Crippen molar-refractivity contribution < 1.29 is 23.1 Å². The SMILES string of the molecule is CC(C)(C)C[SiH2]O[C@H]1CN(C(=O)O)C(c2cc(F)ccc2F)(C(C)(C)C)C1. The van der Waals surface area contributed by atoms with Crippen molar-refractivity contribution in [1.29, 1.82) is 0 Å². The largest absolute Gasteiger partial charge is 0.465 e. The third-order valence-electron chi connectivity index (χ3n) is 5.42. The molecule has 0 radical (unpaired) electrons. The van der Waals surface area contributed by atoms with Crippen molar-refractivity contribution in [3.63, 3.8) is 0 Å². The molecule has 1 amide bonds. The highest BCUT2D eigenvalue weighted by Crippen LogP contribution is 2.52. The van der Waals surface area contributed by atoms with E-state index in [2.05, 4.69) is 20.8 Å². The molecular formula is C20H31F2NO3Si. The maximum atomic E-state index is 14.8. The molecule has 1 fully saturated rings. The number of halogens is 2. The number of amides is 1. The first-order valence-corrected chi connectivity index (χ1v) is 10.9. The fourth-order valence-corrected chi connectivity index (χ4v) is 5.22. The lowest BCUT2D eigenvalue weighted by Crippen LogP contribution is -2.53. The Balaban J connectivity index is 2.45. The van der Waals surface area contributed by atoms with E-state index in [0.717, 1.165) is 24.2 Å². The topological polar surface area (TPSA) is 49.8 Å². The second-order valence-corrected chi connectivity index (χ2v) is 10.9. The molecule has 152 valence electrons. The van der Waals surface area contributed by atoms with Gasteiger partial charge in [0.25, 0.3) is 0 Å². The fraction of sp³-hybridized carbons (Fsp3) is 0.650. The van der Waals surface area contributed by atoms with Crippen LogP contribution in [0, 0.1) is 22.5 Å². The Kier molecular flexibility index (Phi) is 6.07. The van der Waals surface area contributed by atoms with Crippen LogP contribution in [0.1, 0.15) is 53.5 Å². The summed E-state index contributed by atoms with van der Waals surface area (Å²) in [4.78, 5) is 13.3. The number of carbonyl (C=O) groups is 1. The van der Waals surface area contributed by atoms with Crippen molar-refractivity contribution >= 4 is 15.9 Å². The lowest BCUT2D eigenvalue weighted by molar-refractivity contribution is 0.0244. The lowest BCUT2D eigenvalue weighted by Gasteiger charge is -2.47. The molecule has 0 spiro atoms. The molecule has 1 aliphatic heterocycles. The molecule has 7 heteroatoms. The molecule has 0 aliphatic carbocycles. The zero-order valence-corrected chi connectivity index (χ0v) is 18.5. The number of hydrogen-bond donors (Lipinski definition) is 1. The van der Waals surface area contributed by atoms with Crippen LogP contribution in [0.5, 0.6) is 0 Å². The molecule has 1 heterocycles. The van der Waals surface area contributed by atoms with E-state index in [4.69, 9.17) is 4.43 Å². The van der Waals surface area contributed by atoms with E-state index < -0.39 is 38.4 Å². The minimum Gasteiger partial charge on any atom is -0.465 e. The van der Waals surface area contributed by atoms with E-state index in [9.17, 15) is 18.7 Å². The van der Waals surface area contributed by atoms with Gasteiger partial charge < -0.3 is 9.53 Å². The Hall–Kier alpha value is -1.47. The third kappa shape index (κ3) is 4.51. The maximum absolute atomic E-state index is 14.8. The Bertz CT molecular complexity index is 699. The second-order valence-electron chi connectivity index (χ2n) is 9.64. The number of carboxylic acid groups (broad SMARTS) is 1. The monoisotopic (exact) mass is 399 g/mol. The molecule has 2 rings (SSSR count). The van der Waals surface area contributed by atoms with Crippen molar-refractivity contribution in [2.75, 3.05) is 6.54 Å². The summed E-state index contributed by atoms with van der Waals surface area (Å²) in [5.41, 5.74) is -1.59. The van der Waals surface area contributed by atoms with E-state index >= 15 is 0 Å². The highest BCUT2D eigenvalue weighted by Gasteiger charge is 2.57. The molecule has 1 aromatic carbocycles. The van der Waals surface area contributed by atoms with Gasteiger partial charge in [-0.1, -0.05) is 41.5 Å². The van der Waals surface area contributed by atoms with Crippen LogP contribution in [0.3, 0.4) is 0 Å². The highest BCUT2D eigenvalue weighted by atomic mass is 28.2. The predicted octanol–water partition coefficient (Wildman–Crippen LogP) is 4.52. The molecule has 1 unspecified atom stereocenters. The summed E-state index contributed by atoms with van der Waals surface area (Å²) in [7, 11) is -0.847.